The van der Waals surface area contributed by atoms with Crippen LogP contribution in [0.25, 0.3) is 0 Å². The van der Waals surface area contributed by atoms with Crippen LogP contribution in [0.15, 0.2) is 42.5 Å². The van der Waals surface area contributed by atoms with Crippen LogP contribution in [0.5, 0.6) is 5.75 Å². The summed E-state index contributed by atoms with van der Waals surface area (Å²) in [5.74, 6) is -0.600. The Morgan fingerprint density at radius 2 is 1.95 bits per heavy atom. The quantitative estimate of drug-likeness (QED) is 0.357. The molecule has 0 N–H and O–H groups in total. The lowest BCUT2D eigenvalue weighted by atomic mass is 10.0. The normalized spacial score (nSPS) is 10.5. The van der Waals surface area contributed by atoms with Crippen molar-refractivity contribution in [3.8, 4) is 5.75 Å². The van der Waals surface area contributed by atoms with Gasteiger partial charge in [-0.3, -0.25) is 10.1 Å². The van der Waals surface area contributed by atoms with Gasteiger partial charge >= 0.3 is 11.7 Å². The Morgan fingerprint density at radius 1 is 1.23 bits per heavy atom. The summed E-state index contributed by atoms with van der Waals surface area (Å²) in [4.78, 5) is 22.6. The van der Waals surface area contributed by atoms with E-state index in [4.69, 9.17) is 16.3 Å². The summed E-state index contributed by atoms with van der Waals surface area (Å²) < 4.78 is 5.20. The van der Waals surface area contributed by atoms with Crippen molar-refractivity contribution in [3.63, 3.8) is 0 Å². The first-order valence-electron chi connectivity index (χ1n) is 6.64. The molecule has 0 spiro atoms. The van der Waals surface area contributed by atoms with E-state index in [1.54, 1.807) is 18.2 Å². The molecule has 0 aliphatic heterocycles. The lowest BCUT2D eigenvalue weighted by Gasteiger charge is -2.09. The van der Waals surface area contributed by atoms with Gasteiger partial charge in [0.15, 0.2) is 0 Å². The second kappa shape index (κ2) is 6.58. The second-order valence-electron chi connectivity index (χ2n) is 5.04. The van der Waals surface area contributed by atoms with Gasteiger partial charge < -0.3 is 4.74 Å². The summed E-state index contributed by atoms with van der Waals surface area (Å²) in [6.07, 6.45) is 0. The van der Waals surface area contributed by atoms with Crippen molar-refractivity contribution in [1.29, 1.82) is 0 Å². The van der Waals surface area contributed by atoms with E-state index in [0.29, 0.717) is 5.02 Å². The standard InChI is InChI=1S/C16H14ClNO4/c1-10(2)11-6-7-14(18(20)21)15(9-11)22-16(19)12-4-3-5-13(17)8-12/h3-10H,1-2H3. The summed E-state index contributed by atoms with van der Waals surface area (Å²) in [6, 6.07) is 10.7. The summed E-state index contributed by atoms with van der Waals surface area (Å²) in [7, 11) is 0. The summed E-state index contributed by atoms with van der Waals surface area (Å²) in [5.41, 5.74) is 0.830. The smallest absolute Gasteiger partial charge is 0.343 e. The maximum atomic E-state index is 12.1. The van der Waals surface area contributed by atoms with E-state index in [2.05, 4.69) is 0 Å². The summed E-state index contributed by atoms with van der Waals surface area (Å²) >= 11 is 5.82. The van der Waals surface area contributed by atoms with E-state index in [0.717, 1.165) is 5.56 Å². The molecule has 22 heavy (non-hydrogen) atoms. The van der Waals surface area contributed by atoms with Crippen LogP contribution >= 0.6 is 11.6 Å². The lowest BCUT2D eigenvalue weighted by Crippen LogP contribution is -2.10. The number of hydrogen-bond acceptors (Lipinski definition) is 4. The van der Waals surface area contributed by atoms with Crippen molar-refractivity contribution in [2.24, 2.45) is 0 Å². The molecule has 0 unspecified atom stereocenters. The average Bonchev–Trinajstić information content (AvgIpc) is 2.46. The number of nitro benzene ring substituents is 1. The number of esters is 1. The van der Waals surface area contributed by atoms with Crippen molar-refractivity contribution < 1.29 is 14.5 Å². The number of carbonyl (C=O) groups is 1. The number of hydrogen-bond donors (Lipinski definition) is 0. The molecule has 0 saturated heterocycles. The fraction of sp³-hybridized carbons (Fsp3) is 0.188. The first-order chi connectivity index (χ1) is 10.4. The van der Waals surface area contributed by atoms with E-state index < -0.39 is 10.9 Å². The van der Waals surface area contributed by atoms with Gasteiger partial charge in [0.1, 0.15) is 0 Å². The minimum absolute atomic E-state index is 0.0684. The van der Waals surface area contributed by atoms with E-state index in [1.807, 2.05) is 13.8 Å². The summed E-state index contributed by atoms with van der Waals surface area (Å²) in [6.45, 7) is 3.90. The molecule has 0 atom stereocenters. The molecule has 2 rings (SSSR count). The molecule has 5 nitrogen and oxygen atoms in total. The van der Waals surface area contributed by atoms with E-state index in [9.17, 15) is 14.9 Å². The summed E-state index contributed by atoms with van der Waals surface area (Å²) in [5, 5.41) is 11.5. The van der Waals surface area contributed by atoms with Gasteiger partial charge in [-0.25, -0.2) is 4.79 Å². The van der Waals surface area contributed by atoms with E-state index in [-0.39, 0.29) is 22.9 Å². The fourth-order valence-electron chi connectivity index (χ4n) is 1.90. The van der Waals surface area contributed by atoms with Crippen LogP contribution in [-0.4, -0.2) is 10.9 Å². The SMILES string of the molecule is CC(C)c1ccc([N+](=O)[O-])c(OC(=O)c2cccc(Cl)c2)c1. The molecule has 0 bridgehead atoms. The highest BCUT2D eigenvalue weighted by molar-refractivity contribution is 6.30. The Kier molecular flexibility index (Phi) is 4.78. The third-order valence-electron chi connectivity index (χ3n) is 3.11. The van der Waals surface area contributed by atoms with Crippen LogP contribution in [0.2, 0.25) is 5.02 Å². The average molecular weight is 320 g/mol. The number of rotatable bonds is 4. The van der Waals surface area contributed by atoms with Gasteiger partial charge in [-0.15, -0.1) is 0 Å². The minimum atomic E-state index is -0.688. The monoisotopic (exact) mass is 319 g/mol. The van der Waals surface area contributed by atoms with E-state index in [1.165, 1.54) is 24.3 Å². The fourth-order valence-corrected chi connectivity index (χ4v) is 2.09. The van der Waals surface area contributed by atoms with Gasteiger partial charge in [0.25, 0.3) is 0 Å². The van der Waals surface area contributed by atoms with Crippen LogP contribution in [0.1, 0.15) is 35.7 Å². The third-order valence-corrected chi connectivity index (χ3v) is 3.35. The number of benzene rings is 2. The van der Waals surface area contributed by atoms with Crippen molar-refractivity contribution in [2.75, 3.05) is 0 Å². The molecule has 0 aliphatic rings. The Hall–Kier alpha value is -2.40. The van der Waals surface area contributed by atoms with Crippen LogP contribution in [0.3, 0.4) is 0 Å². The van der Waals surface area contributed by atoms with Crippen molar-refractivity contribution in [3.05, 3.63) is 68.7 Å². The van der Waals surface area contributed by atoms with Gasteiger partial charge in [-0.2, -0.15) is 0 Å². The highest BCUT2D eigenvalue weighted by Gasteiger charge is 2.20. The molecule has 114 valence electrons. The molecule has 0 amide bonds. The largest absolute Gasteiger partial charge is 0.416 e. The topological polar surface area (TPSA) is 69.4 Å². The number of carbonyl (C=O) groups excluding carboxylic acids is 1. The molecule has 0 fully saturated rings. The Balaban J connectivity index is 2.36. The van der Waals surface area contributed by atoms with Crippen LogP contribution in [0, 0.1) is 10.1 Å². The van der Waals surface area contributed by atoms with Crippen molar-refractivity contribution in [2.45, 2.75) is 19.8 Å². The predicted molar refractivity (Wildman–Crippen MR) is 83.6 cm³/mol. The van der Waals surface area contributed by atoms with Crippen molar-refractivity contribution >= 4 is 23.3 Å². The minimum Gasteiger partial charge on any atom is -0.416 e. The first-order valence-corrected chi connectivity index (χ1v) is 7.02. The molecular weight excluding hydrogens is 306 g/mol. The van der Waals surface area contributed by atoms with Crippen molar-refractivity contribution in [1.82, 2.24) is 0 Å². The molecular formula is C16H14ClNO4. The number of halogens is 1. The lowest BCUT2D eigenvalue weighted by molar-refractivity contribution is -0.385. The molecule has 0 aliphatic carbocycles. The van der Waals surface area contributed by atoms with Crippen LogP contribution < -0.4 is 4.74 Å². The number of nitrogens with zero attached hydrogens (tertiary/aromatic N) is 1. The molecule has 0 radical (unpaired) electrons. The van der Waals surface area contributed by atoms with Crippen LogP contribution in [-0.2, 0) is 0 Å². The number of nitro groups is 1. The molecule has 0 heterocycles. The molecule has 6 heteroatoms. The molecule has 2 aromatic carbocycles. The second-order valence-corrected chi connectivity index (χ2v) is 5.48. The molecule has 0 saturated carbocycles. The van der Waals surface area contributed by atoms with E-state index >= 15 is 0 Å². The van der Waals surface area contributed by atoms with Gasteiger partial charge in [0.2, 0.25) is 5.75 Å². The predicted octanol–water partition coefficient (Wildman–Crippen LogP) is 4.59. The zero-order chi connectivity index (χ0) is 16.3. The molecule has 0 aromatic heterocycles. The number of ether oxygens (including phenoxy) is 1. The Bertz CT molecular complexity index is 728. The van der Waals surface area contributed by atoms with Gasteiger partial charge in [-0.1, -0.05) is 37.6 Å². The third kappa shape index (κ3) is 3.62. The van der Waals surface area contributed by atoms with Gasteiger partial charge in [0, 0.05) is 11.1 Å². The Morgan fingerprint density at radius 3 is 2.55 bits per heavy atom. The maximum absolute atomic E-state index is 12.1. The molecule has 2 aromatic rings. The Labute approximate surface area is 132 Å². The highest BCUT2D eigenvalue weighted by atomic mass is 35.5. The van der Waals surface area contributed by atoms with Gasteiger partial charge in [-0.05, 0) is 35.7 Å². The van der Waals surface area contributed by atoms with Crippen LogP contribution in [0.4, 0.5) is 5.69 Å². The zero-order valence-corrected chi connectivity index (χ0v) is 12.8. The van der Waals surface area contributed by atoms with Gasteiger partial charge in [0.05, 0.1) is 10.5 Å². The first kappa shape index (κ1) is 16.0. The zero-order valence-electron chi connectivity index (χ0n) is 12.1. The highest BCUT2D eigenvalue weighted by Crippen LogP contribution is 2.31. The maximum Gasteiger partial charge on any atom is 0.343 e.